The Bertz CT molecular complexity index is 202. The van der Waals surface area contributed by atoms with E-state index in [1.807, 2.05) is 20.9 Å². The molecule has 0 atom stereocenters. The van der Waals surface area contributed by atoms with Gasteiger partial charge in [0.1, 0.15) is 0 Å². The molecule has 0 bridgehead atoms. The van der Waals surface area contributed by atoms with Gasteiger partial charge in [0.25, 0.3) is 0 Å². The molecule has 0 spiro atoms. The van der Waals surface area contributed by atoms with E-state index in [2.05, 4.69) is 4.90 Å². The highest BCUT2D eigenvalue weighted by atomic mass is 16.3. The molecule has 0 aromatic carbocycles. The second-order valence-electron chi connectivity index (χ2n) is 5.54. The molecule has 0 aromatic rings. The van der Waals surface area contributed by atoms with Gasteiger partial charge in [0.15, 0.2) is 0 Å². The van der Waals surface area contributed by atoms with Crippen LogP contribution in [0.2, 0.25) is 0 Å². The van der Waals surface area contributed by atoms with Gasteiger partial charge in [-0.05, 0) is 32.7 Å². The maximum absolute atomic E-state index is 10.3. The van der Waals surface area contributed by atoms with E-state index in [1.54, 1.807) is 0 Å². The van der Waals surface area contributed by atoms with Crippen LogP contribution in [0.15, 0.2) is 0 Å². The zero-order valence-electron chi connectivity index (χ0n) is 11.0. The summed E-state index contributed by atoms with van der Waals surface area (Å²) in [6.45, 7) is 5.38. The van der Waals surface area contributed by atoms with Gasteiger partial charge < -0.3 is 15.1 Å². The van der Waals surface area contributed by atoms with Gasteiger partial charge in [-0.1, -0.05) is 26.7 Å². The zero-order chi connectivity index (χ0) is 12.2. The average Bonchev–Trinajstić information content (AvgIpc) is 2.64. The van der Waals surface area contributed by atoms with Gasteiger partial charge in [0, 0.05) is 13.1 Å². The molecular formula is C13H27NO2. The number of rotatable bonds is 6. The monoisotopic (exact) mass is 229 g/mol. The van der Waals surface area contributed by atoms with Crippen molar-refractivity contribution >= 4 is 0 Å². The van der Waals surface area contributed by atoms with Gasteiger partial charge in [-0.2, -0.15) is 0 Å². The Morgan fingerprint density at radius 2 is 1.69 bits per heavy atom. The van der Waals surface area contributed by atoms with Crippen molar-refractivity contribution in [2.45, 2.75) is 63.6 Å². The lowest BCUT2D eigenvalue weighted by Crippen LogP contribution is -2.46. The van der Waals surface area contributed by atoms with Crippen molar-refractivity contribution in [3.8, 4) is 0 Å². The molecule has 16 heavy (non-hydrogen) atoms. The van der Waals surface area contributed by atoms with Crippen molar-refractivity contribution in [2.24, 2.45) is 0 Å². The van der Waals surface area contributed by atoms with Crippen LogP contribution in [0, 0.1) is 0 Å². The third-order valence-electron chi connectivity index (χ3n) is 3.98. The molecule has 3 nitrogen and oxygen atoms in total. The molecule has 1 rings (SSSR count). The van der Waals surface area contributed by atoms with Crippen LogP contribution in [-0.4, -0.2) is 46.5 Å². The molecule has 1 aliphatic carbocycles. The third-order valence-corrected chi connectivity index (χ3v) is 3.98. The average molecular weight is 229 g/mol. The second kappa shape index (κ2) is 5.48. The van der Waals surface area contributed by atoms with Gasteiger partial charge in [-0.15, -0.1) is 0 Å². The normalized spacial score (nSPS) is 20.6. The largest absolute Gasteiger partial charge is 0.389 e. The van der Waals surface area contributed by atoms with Crippen LogP contribution in [0.3, 0.4) is 0 Å². The Balaban J connectivity index is 2.43. The summed E-state index contributed by atoms with van der Waals surface area (Å²) in [6.07, 6.45) is 5.63. The first-order chi connectivity index (χ1) is 7.43. The summed E-state index contributed by atoms with van der Waals surface area (Å²) < 4.78 is 0. The molecule has 3 heteroatoms. The first-order valence-electron chi connectivity index (χ1n) is 6.56. The van der Waals surface area contributed by atoms with Crippen LogP contribution in [-0.2, 0) is 0 Å². The summed E-state index contributed by atoms with van der Waals surface area (Å²) in [5.41, 5.74) is -1.10. The third kappa shape index (κ3) is 3.72. The Labute approximate surface area is 99.5 Å². The minimum absolute atomic E-state index is 0.503. The van der Waals surface area contributed by atoms with Crippen LogP contribution in [0.5, 0.6) is 0 Å². The van der Waals surface area contributed by atoms with Crippen molar-refractivity contribution in [2.75, 3.05) is 20.1 Å². The first kappa shape index (κ1) is 13.9. The number of hydrogen-bond acceptors (Lipinski definition) is 3. The molecular weight excluding hydrogens is 202 g/mol. The maximum atomic E-state index is 10.3. The molecule has 1 aliphatic rings. The van der Waals surface area contributed by atoms with Gasteiger partial charge >= 0.3 is 0 Å². The van der Waals surface area contributed by atoms with Gasteiger partial charge in [-0.3, -0.25) is 0 Å². The minimum Gasteiger partial charge on any atom is -0.389 e. The van der Waals surface area contributed by atoms with Crippen LogP contribution in [0.25, 0.3) is 0 Å². The Morgan fingerprint density at radius 3 is 2.12 bits per heavy atom. The van der Waals surface area contributed by atoms with E-state index in [0.29, 0.717) is 13.1 Å². The number of hydrogen-bond donors (Lipinski definition) is 2. The summed E-state index contributed by atoms with van der Waals surface area (Å²) in [5, 5.41) is 20.5. The van der Waals surface area contributed by atoms with E-state index >= 15 is 0 Å². The van der Waals surface area contributed by atoms with Crippen LogP contribution in [0.4, 0.5) is 0 Å². The summed E-state index contributed by atoms with van der Waals surface area (Å²) in [6, 6.07) is 0. The van der Waals surface area contributed by atoms with Crippen molar-refractivity contribution in [1.29, 1.82) is 0 Å². The highest BCUT2D eigenvalue weighted by molar-refractivity contribution is 4.88. The Kier molecular flexibility index (Phi) is 4.77. The fraction of sp³-hybridized carbons (Fsp3) is 1.00. The minimum atomic E-state index is -0.594. The number of likely N-dealkylation sites (N-methyl/N-ethyl adjacent to an activating group) is 1. The maximum Gasteiger partial charge on any atom is 0.0774 e. The predicted octanol–water partition coefficient (Wildman–Crippen LogP) is 1.77. The van der Waals surface area contributed by atoms with Crippen LogP contribution in [0.1, 0.15) is 52.4 Å². The fourth-order valence-electron chi connectivity index (χ4n) is 2.73. The molecule has 0 aliphatic heterocycles. The van der Waals surface area contributed by atoms with Crippen molar-refractivity contribution in [1.82, 2.24) is 4.90 Å². The lowest BCUT2D eigenvalue weighted by molar-refractivity contribution is -0.0309. The summed E-state index contributed by atoms with van der Waals surface area (Å²) in [7, 11) is 1.99. The van der Waals surface area contributed by atoms with E-state index in [0.717, 1.165) is 38.5 Å². The van der Waals surface area contributed by atoms with Crippen LogP contribution >= 0.6 is 0 Å². The predicted molar refractivity (Wildman–Crippen MR) is 66.4 cm³/mol. The zero-order valence-corrected chi connectivity index (χ0v) is 11.0. The highest BCUT2D eigenvalue weighted by Gasteiger charge is 2.34. The van der Waals surface area contributed by atoms with Gasteiger partial charge in [0.2, 0.25) is 0 Å². The molecule has 0 saturated heterocycles. The Hall–Kier alpha value is -0.120. The summed E-state index contributed by atoms with van der Waals surface area (Å²) >= 11 is 0. The van der Waals surface area contributed by atoms with Crippen LogP contribution < -0.4 is 0 Å². The lowest BCUT2D eigenvalue weighted by Gasteiger charge is -2.34. The molecule has 96 valence electrons. The summed E-state index contributed by atoms with van der Waals surface area (Å²) in [5.74, 6) is 0. The number of aliphatic hydroxyl groups is 2. The second-order valence-corrected chi connectivity index (χ2v) is 5.54. The molecule has 2 N–H and O–H groups in total. The summed E-state index contributed by atoms with van der Waals surface area (Å²) in [4.78, 5) is 2.08. The van der Waals surface area contributed by atoms with Crippen molar-refractivity contribution < 1.29 is 10.2 Å². The van der Waals surface area contributed by atoms with E-state index in [1.165, 1.54) is 0 Å². The SMILES string of the molecule is CCC(O)(CC)CN(C)CC1(O)CCCC1. The highest BCUT2D eigenvalue weighted by Crippen LogP contribution is 2.30. The van der Waals surface area contributed by atoms with Crippen molar-refractivity contribution in [3.05, 3.63) is 0 Å². The molecule has 0 heterocycles. The van der Waals surface area contributed by atoms with E-state index in [9.17, 15) is 10.2 Å². The Morgan fingerprint density at radius 1 is 1.19 bits per heavy atom. The molecule has 0 aromatic heterocycles. The van der Waals surface area contributed by atoms with Gasteiger partial charge in [-0.25, -0.2) is 0 Å². The first-order valence-corrected chi connectivity index (χ1v) is 6.56. The molecule has 1 fully saturated rings. The molecule has 0 radical (unpaired) electrons. The topological polar surface area (TPSA) is 43.7 Å². The molecule has 0 amide bonds. The van der Waals surface area contributed by atoms with E-state index in [-0.39, 0.29) is 0 Å². The van der Waals surface area contributed by atoms with E-state index < -0.39 is 11.2 Å². The van der Waals surface area contributed by atoms with Crippen molar-refractivity contribution in [3.63, 3.8) is 0 Å². The molecule has 0 unspecified atom stereocenters. The van der Waals surface area contributed by atoms with E-state index in [4.69, 9.17) is 0 Å². The smallest absolute Gasteiger partial charge is 0.0774 e. The number of nitrogens with zero attached hydrogens (tertiary/aromatic N) is 1. The fourth-order valence-corrected chi connectivity index (χ4v) is 2.73. The quantitative estimate of drug-likeness (QED) is 0.729. The lowest BCUT2D eigenvalue weighted by atomic mass is 9.95. The standard InChI is InChI=1S/C13H27NO2/c1-4-12(15,5-2)10-14(3)11-13(16)8-6-7-9-13/h15-16H,4-11H2,1-3H3. The van der Waals surface area contributed by atoms with Gasteiger partial charge in [0.05, 0.1) is 11.2 Å². The molecule has 1 saturated carbocycles.